The molecule has 0 fully saturated rings. The molecule has 1 aromatic rings. The van der Waals surface area contributed by atoms with Crippen LogP contribution in [0.2, 0.25) is 0 Å². The maximum absolute atomic E-state index is 13.2. The third-order valence-corrected chi connectivity index (χ3v) is 1.92. The van der Waals surface area contributed by atoms with Crippen molar-refractivity contribution < 1.29 is 22.7 Å². The van der Waals surface area contributed by atoms with Gasteiger partial charge in [0.05, 0.1) is 12.7 Å². The number of methoxy groups -OCH3 is 1. The number of benzene rings is 1. The number of rotatable bonds is 2. The van der Waals surface area contributed by atoms with Crippen molar-refractivity contribution >= 4 is 5.97 Å². The van der Waals surface area contributed by atoms with Crippen molar-refractivity contribution in [3.8, 4) is 6.07 Å². The molecule has 1 aromatic carbocycles. The highest BCUT2D eigenvalue weighted by atomic mass is 19.3. The van der Waals surface area contributed by atoms with Crippen molar-refractivity contribution in [2.45, 2.75) is 6.43 Å². The fraction of sp³-hybridized carbons (Fsp3) is 0.200. The van der Waals surface area contributed by atoms with Crippen molar-refractivity contribution in [3.63, 3.8) is 0 Å². The normalized spacial score (nSPS) is 10.0. The second-order valence-corrected chi connectivity index (χ2v) is 2.79. The Labute approximate surface area is 89.1 Å². The zero-order valence-electron chi connectivity index (χ0n) is 8.13. The van der Waals surface area contributed by atoms with Gasteiger partial charge in [-0.25, -0.2) is 18.0 Å². The maximum Gasteiger partial charge on any atom is 0.342 e. The smallest absolute Gasteiger partial charge is 0.342 e. The van der Waals surface area contributed by atoms with Crippen molar-refractivity contribution in [1.29, 1.82) is 5.26 Å². The van der Waals surface area contributed by atoms with Crippen LogP contribution >= 0.6 is 0 Å². The van der Waals surface area contributed by atoms with E-state index in [1.165, 1.54) is 6.07 Å². The molecule has 0 radical (unpaired) electrons. The molecule has 6 heteroatoms. The van der Waals surface area contributed by atoms with E-state index in [-0.39, 0.29) is 0 Å². The summed E-state index contributed by atoms with van der Waals surface area (Å²) in [5, 5.41) is 8.66. The van der Waals surface area contributed by atoms with Crippen molar-refractivity contribution in [3.05, 3.63) is 34.6 Å². The van der Waals surface area contributed by atoms with Gasteiger partial charge in [0.1, 0.15) is 17.4 Å². The fourth-order valence-corrected chi connectivity index (χ4v) is 1.20. The third-order valence-electron chi connectivity index (χ3n) is 1.92. The Balaban J connectivity index is 3.52. The Morgan fingerprint density at radius 2 is 2.12 bits per heavy atom. The van der Waals surface area contributed by atoms with Crippen molar-refractivity contribution in [2.75, 3.05) is 7.11 Å². The van der Waals surface area contributed by atoms with Gasteiger partial charge in [-0.2, -0.15) is 5.26 Å². The minimum absolute atomic E-state index is 0.690. The van der Waals surface area contributed by atoms with Gasteiger partial charge in [-0.1, -0.05) is 0 Å². The molecule has 1 rings (SSSR count). The molecule has 84 valence electrons. The van der Waals surface area contributed by atoms with E-state index < -0.39 is 34.9 Å². The monoisotopic (exact) mass is 229 g/mol. The lowest BCUT2D eigenvalue weighted by Crippen LogP contribution is -2.09. The molecule has 0 aliphatic carbocycles. The van der Waals surface area contributed by atoms with Crippen molar-refractivity contribution in [1.82, 2.24) is 0 Å². The Kier molecular flexibility index (Phi) is 3.51. The first kappa shape index (κ1) is 12.0. The van der Waals surface area contributed by atoms with Gasteiger partial charge in [-0.05, 0) is 12.1 Å². The summed E-state index contributed by atoms with van der Waals surface area (Å²) in [6.45, 7) is 0. The second kappa shape index (κ2) is 4.66. The first-order valence-corrected chi connectivity index (χ1v) is 4.11. The first-order valence-electron chi connectivity index (χ1n) is 4.11. The van der Waals surface area contributed by atoms with E-state index in [9.17, 15) is 18.0 Å². The maximum atomic E-state index is 13.2. The number of esters is 1. The molecule has 0 atom stereocenters. The number of ether oxygens (including phenoxy) is 1. The van der Waals surface area contributed by atoms with Crippen LogP contribution in [0, 0.1) is 17.1 Å². The van der Waals surface area contributed by atoms with Gasteiger partial charge in [0.15, 0.2) is 0 Å². The molecule has 0 spiro atoms. The van der Waals surface area contributed by atoms with Crippen LogP contribution in [-0.4, -0.2) is 13.1 Å². The number of hydrogen-bond acceptors (Lipinski definition) is 3. The minimum atomic E-state index is -2.96. The molecule has 0 bridgehead atoms. The van der Waals surface area contributed by atoms with Crippen LogP contribution in [0.1, 0.15) is 27.9 Å². The summed E-state index contributed by atoms with van der Waals surface area (Å²) in [4.78, 5) is 11.1. The topological polar surface area (TPSA) is 50.1 Å². The van der Waals surface area contributed by atoms with Gasteiger partial charge in [0, 0.05) is 5.56 Å². The van der Waals surface area contributed by atoms with Gasteiger partial charge in [0.25, 0.3) is 6.43 Å². The summed E-state index contributed by atoms with van der Waals surface area (Å²) in [5.41, 5.74) is -2.14. The van der Waals surface area contributed by atoms with E-state index in [1.54, 1.807) is 0 Å². The highest BCUT2D eigenvalue weighted by molar-refractivity contribution is 5.93. The number of halogens is 3. The lowest BCUT2D eigenvalue weighted by molar-refractivity contribution is 0.0594. The number of hydrogen-bond donors (Lipinski definition) is 0. The lowest BCUT2D eigenvalue weighted by Gasteiger charge is -2.08. The number of alkyl halides is 2. The van der Waals surface area contributed by atoms with Gasteiger partial charge in [-0.3, -0.25) is 0 Å². The second-order valence-electron chi connectivity index (χ2n) is 2.79. The molecule has 16 heavy (non-hydrogen) atoms. The van der Waals surface area contributed by atoms with E-state index in [4.69, 9.17) is 5.26 Å². The fourth-order valence-electron chi connectivity index (χ4n) is 1.20. The average Bonchev–Trinajstić information content (AvgIpc) is 2.26. The molecule has 3 nitrogen and oxygen atoms in total. The molecule has 0 saturated heterocycles. The van der Waals surface area contributed by atoms with Crippen LogP contribution in [0.3, 0.4) is 0 Å². The van der Waals surface area contributed by atoms with E-state index in [1.807, 2.05) is 0 Å². The zero-order valence-corrected chi connectivity index (χ0v) is 8.13. The minimum Gasteiger partial charge on any atom is -0.465 e. The van der Waals surface area contributed by atoms with Crippen LogP contribution in [0.4, 0.5) is 13.2 Å². The molecule has 0 aromatic heterocycles. The van der Waals surface area contributed by atoms with Gasteiger partial charge < -0.3 is 4.74 Å². The Hall–Kier alpha value is -2.03. The zero-order chi connectivity index (χ0) is 12.3. The molecule has 0 heterocycles. The van der Waals surface area contributed by atoms with E-state index in [2.05, 4.69) is 4.74 Å². The molecule has 0 saturated carbocycles. The summed E-state index contributed by atoms with van der Waals surface area (Å²) in [7, 11) is 0.970. The standard InChI is InChI=1S/C10H6F3NO2/c1-16-10(15)8-6(4-14)5(9(12)13)2-3-7(8)11/h2-3,9H,1H3. The number of carbonyl (C=O) groups excluding carboxylic acids is 1. The molecule has 0 unspecified atom stereocenters. The van der Waals surface area contributed by atoms with E-state index >= 15 is 0 Å². The Morgan fingerprint density at radius 3 is 2.56 bits per heavy atom. The van der Waals surface area contributed by atoms with E-state index in [0.29, 0.717) is 6.07 Å². The summed E-state index contributed by atoms with van der Waals surface area (Å²) >= 11 is 0. The average molecular weight is 229 g/mol. The first-order chi connectivity index (χ1) is 7.52. The molecule has 0 aliphatic heterocycles. The van der Waals surface area contributed by atoms with Crippen LogP contribution in [-0.2, 0) is 4.74 Å². The van der Waals surface area contributed by atoms with E-state index in [0.717, 1.165) is 13.2 Å². The van der Waals surface area contributed by atoms with Gasteiger partial charge >= 0.3 is 5.97 Å². The lowest BCUT2D eigenvalue weighted by atomic mass is 10.0. The molecule has 0 amide bonds. The quantitative estimate of drug-likeness (QED) is 0.731. The highest BCUT2D eigenvalue weighted by Crippen LogP contribution is 2.27. The molecular formula is C10H6F3NO2. The summed E-state index contributed by atoms with van der Waals surface area (Å²) < 4.78 is 42.4. The van der Waals surface area contributed by atoms with Crippen LogP contribution in [0.5, 0.6) is 0 Å². The summed E-state index contributed by atoms with van der Waals surface area (Å²) in [6, 6.07) is 2.85. The predicted molar refractivity (Wildman–Crippen MR) is 47.4 cm³/mol. The van der Waals surface area contributed by atoms with Crippen LogP contribution in [0.15, 0.2) is 12.1 Å². The summed E-state index contributed by atoms with van der Waals surface area (Å²) in [6.07, 6.45) is -2.96. The third kappa shape index (κ3) is 1.98. The largest absolute Gasteiger partial charge is 0.465 e. The SMILES string of the molecule is COC(=O)c1c(F)ccc(C(F)F)c1C#N. The molecular weight excluding hydrogens is 223 g/mol. The number of nitriles is 1. The van der Waals surface area contributed by atoms with Gasteiger partial charge in [-0.15, -0.1) is 0 Å². The van der Waals surface area contributed by atoms with Gasteiger partial charge in [0.2, 0.25) is 0 Å². The van der Waals surface area contributed by atoms with Crippen LogP contribution < -0.4 is 0 Å². The highest BCUT2D eigenvalue weighted by Gasteiger charge is 2.24. The molecule has 0 aliphatic rings. The van der Waals surface area contributed by atoms with Crippen LogP contribution in [0.25, 0.3) is 0 Å². The molecule has 0 N–H and O–H groups in total. The number of nitrogens with zero attached hydrogens (tertiary/aromatic N) is 1. The predicted octanol–water partition coefficient (Wildman–Crippen LogP) is 2.42. The number of carbonyl (C=O) groups is 1. The Morgan fingerprint density at radius 1 is 1.50 bits per heavy atom. The summed E-state index contributed by atoms with van der Waals surface area (Å²) in [5.74, 6) is -2.22. The Bertz CT molecular complexity index is 466. The van der Waals surface area contributed by atoms with Crippen molar-refractivity contribution in [2.24, 2.45) is 0 Å².